The van der Waals surface area contributed by atoms with Crippen LogP contribution in [0.3, 0.4) is 0 Å². The van der Waals surface area contributed by atoms with Crippen molar-refractivity contribution in [2.45, 2.75) is 13.0 Å². The Kier molecular flexibility index (Phi) is 4.60. The molecule has 1 atom stereocenters. The van der Waals surface area contributed by atoms with E-state index >= 15 is 0 Å². The number of rotatable bonds is 3. The first-order valence-corrected chi connectivity index (χ1v) is 9.19. The summed E-state index contributed by atoms with van der Waals surface area (Å²) < 4.78 is 0. The molecule has 1 fully saturated rings. The summed E-state index contributed by atoms with van der Waals surface area (Å²) in [6.45, 7) is 6.34. The van der Waals surface area contributed by atoms with E-state index in [9.17, 15) is 0 Å². The molecule has 3 aromatic rings. The molecule has 128 valence electrons. The molecule has 0 aliphatic carbocycles. The van der Waals surface area contributed by atoms with E-state index in [1.807, 2.05) is 24.3 Å². The third-order valence-electron chi connectivity index (χ3n) is 5.08. The Labute approximate surface area is 153 Å². The summed E-state index contributed by atoms with van der Waals surface area (Å²) in [5.74, 6) is 0. The van der Waals surface area contributed by atoms with Crippen molar-refractivity contribution in [1.82, 2.24) is 9.88 Å². The van der Waals surface area contributed by atoms with Crippen LogP contribution in [0.1, 0.15) is 18.7 Å². The molecule has 1 aliphatic heterocycles. The van der Waals surface area contributed by atoms with Gasteiger partial charge in [-0.25, -0.2) is 0 Å². The summed E-state index contributed by atoms with van der Waals surface area (Å²) in [5.41, 5.74) is 3.43. The van der Waals surface area contributed by atoms with E-state index in [-0.39, 0.29) is 0 Å². The first-order valence-electron chi connectivity index (χ1n) is 8.81. The average Bonchev–Trinajstić information content (AvgIpc) is 2.67. The molecule has 2 heterocycles. The van der Waals surface area contributed by atoms with Crippen LogP contribution in [-0.4, -0.2) is 36.1 Å². The molecule has 1 unspecified atom stereocenters. The Hall–Kier alpha value is -2.10. The van der Waals surface area contributed by atoms with Crippen molar-refractivity contribution in [1.29, 1.82) is 0 Å². The first kappa shape index (κ1) is 16.4. The molecule has 0 saturated carbocycles. The van der Waals surface area contributed by atoms with Gasteiger partial charge in [-0.15, -0.1) is 0 Å². The quantitative estimate of drug-likeness (QED) is 0.677. The maximum absolute atomic E-state index is 6.13. The third-order valence-corrected chi connectivity index (χ3v) is 5.32. The number of benzene rings is 2. The second-order valence-electron chi connectivity index (χ2n) is 6.61. The topological polar surface area (TPSA) is 19.4 Å². The number of anilines is 1. The fourth-order valence-corrected chi connectivity index (χ4v) is 3.73. The zero-order valence-corrected chi connectivity index (χ0v) is 15.2. The minimum atomic E-state index is 0.325. The van der Waals surface area contributed by atoms with Gasteiger partial charge in [0.15, 0.2) is 0 Å². The number of fused-ring (bicyclic) bond motifs is 1. The predicted octanol–water partition coefficient (Wildman–Crippen LogP) is 4.77. The maximum Gasteiger partial charge on any atom is 0.0706 e. The van der Waals surface area contributed by atoms with Crippen molar-refractivity contribution in [3.63, 3.8) is 0 Å². The zero-order chi connectivity index (χ0) is 17.2. The van der Waals surface area contributed by atoms with E-state index in [1.165, 1.54) is 11.1 Å². The lowest BCUT2D eigenvalue weighted by molar-refractivity contribution is 0.195. The summed E-state index contributed by atoms with van der Waals surface area (Å²) in [4.78, 5) is 9.78. The van der Waals surface area contributed by atoms with Crippen molar-refractivity contribution < 1.29 is 0 Å². The molecule has 25 heavy (non-hydrogen) atoms. The molecule has 0 amide bonds. The molecule has 0 spiro atoms. The highest BCUT2D eigenvalue weighted by molar-refractivity contribution is 6.30. The summed E-state index contributed by atoms with van der Waals surface area (Å²) in [7, 11) is 0. The van der Waals surface area contributed by atoms with Gasteiger partial charge in [0.05, 0.1) is 11.2 Å². The Morgan fingerprint density at radius 3 is 2.52 bits per heavy atom. The SMILES string of the molecule is CC(c1ccc2ccccc2n1)N1CCN(c2cccc(Cl)c2)CC1. The molecular formula is C21H22ClN3. The first-order chi connectivity index (χ1) is 12.2. The molecule has 2 aromatic carbocycles. The van der Waals surface area contributed by atoms with Crippen LogP contribution in [0.25, 0.3) is 10.9 Å². The van der Waals surface area contributed by atoms with Gasteiger partial charge in [-0.2, -0.15) is 0 Å². The molecule has 0 N–H and O–H groups in total. The van der Waals surface area contributed by atoms with Crippen LogP contribution in [0.2, 0.25) is 5.02 Å². The fourth-order valence-electron chi connectivity index (χ4n) is 3.54. The third kappa shape index (κ3) is 3.48. The van der Waals surface area contributed by atoms with Crippen molar-refractivity contribution in [3.05, 3.63) is 71.4 Å². The highest BCUT2D eigenvalue weighted by Crippen LogP contribution is 2.25. The molecule has 4 heteroatoms. The highest BCUT2D eigenvalue weighted by atomic mass is 35.5. The molecule has 3 nitrogen and oxygen atoms in total. The van der Waals surface area contributed by atoms with E-state index < -0.39 is 0 Å². The van der Waals surface area contributed by atoms with Gasteiger partial charge in [-0.1, -0.05) is 41.9 Å². The van der Waals surface area contributed by atoms with Gasteiger partial charge in [0, 0.05) is 48.3 Å². The molecule has 0 radical (unpaired) electrons. The average molecular weight is 352 g/mol. The lowest BCUT2D eigenvalue weighted by Gasteiger charge is -2.39. The molecule has 0 bridgehead atoms. The second kappa shape index (κ2) is 7.03. The van der Waals surface area contributed by atoms with Gasteiger partial charge in [0.25, 0.3) is 0 Å². The number of hydrogen-bond acceptors (Lipinski definition) is 3. The lowest BCUT2D eigenvalue weighted by atomic mass is 10.1. The van der Waals surface area contributed by atoms with Crippen LogP contribution in [-0.2, 0) is 0 Å². The van der Waals surface area contributed by atoms with Crippen molar-refractivity contribution in [2.75, 3.05) is 31.1 Å². The number of hydrogen-bond donors (Lipinski definition) is 0. The van der Waals surface area contributed by atoms with E-state index in [0.717, 1.165) is 42.4 Å². The van der Waals surface area contributed by atoms with Crippen molar-refractivity contribution in [2.24, 2.45) is 0 Å². The van der Waals surface area contributed by atoms with Crippen LogP contribution in [0.5, 0.6) is 0 Å². The maximum atomic E-state index is 6.13. The minimum Gasteiger partial charge on any atom is -0.369 e. The van der Waals surface area contributed by atoms with Gasteiger partial charge >= 0.3 is 0 Å². The van der Waals surface area contributed by atoms with Crippen LogP contribution >= 0.6 is 11.6 Å². The van der Waals surface area contributed by atoms with Gasteiger partial charge in [-0.3, -0.25) is 9.88 Å². The smallest absolute Gasteiger partial charge is 0.0706 e. The number of para-hydroxylation sites is 1. The van der Waals surface area contributed by atoms with Crippen LogP contribution in [0.15, 0.2) is 60.7 Å². The Balaban J connectivity index is 1.46. The molecule has 4 rings (SSSR count). The second-order valence-corrected chi connectivity index (χ2v) is 7.04. The van der Waals surface area contributed by atoms with E-state index in [2.05, 4.69) is 53.1 Å². The zero-order valence-electron chi connectivity index (χ0n) is 14.4. The molecular weight excluding hydrogens is 330 g/mol. The summed E-state index contributed by atoms with van der Waals surface area (Å²) in [6.07, 6.45) is 0. The van der Waals surface area contributed by atoms with Gasteiger partial charge < -0.3 is 4.90 Å². The van der Waals surface area contributed by atoms with Crippen molar-refractivity contribution >= 4 is 28.2 Å². The summed E-state index contributed by atoms with van der Waals surface area (Å²) >= 11 is 6.13. The van der Waals surface area contributed by atoms with Crippen LogP contribution in [0, 0.1) is 0 Å². The van der Waals surface area contributed by atoms with E-state index in [1.54, 1.807) is 0 Å². The molecule has 1 aromatic heterocycles. The normalized spacial score (nSPS) is 17.0. The molecule has 1 aliphatic rings. The Morgan fingerprint density at radius 2 is 1.72 bits per heavy atom. The van der Waals surface area contributed by atoms with Gasteiger partial charge in [-0.05, 0) is 37.3 Å². The monoisotopic (exact) mass is 351 g/mol. The Morgan fingerprint density at radius 1 is 0.920 bits per heavy atom. The number of nitrogens with zero attached hydrogens (tertiary/aromatic N) is 3. The van der Waals surface area contributed by atoms with E-state index in [4.69, 9.17) is 16.6 Å². The van der Waals surface area contributed by atoms with Crippen LogP contribution < -0.4 is 4.90 Å². The lowest BCUT2D eigenvalue weighted by Crippen LogP contribution is -2.47. The number of halogens is 1. The number of aromatic nitrogens is 1. The largest absolute Gasteiger partial charge is 0.369 e. The predicted molar refractivity (Wildman–Crippen MR) is 105 cm³/mol. The van der Waals surface area contributed by atoms with E-state index in [0.29, 0.717) is 6.04 Å². The minimum absolute atomic E-state index is 0.325. The summed E-state index contributed by atoms with van der Waals surface area (Å²) in [6, 6.07) is 21.1. The highest BCUT2D eigenvalue weighted by Gasteiger charge is 2.23. The molecule has 1 saturated heterocycles. The van der Waals surface area contributed by atoms with Crippen LogP contribution in [0.4, 0.5) is 5.69 Å². The van der Waals surface area contributed by atoms with Gasteiger partial charge in [0.2, 0.25) is 0 Å². The number of piperazine rings is 1. The van der Waals surface area contributed by atoms with Crippen molar-refractivity contribution in [3.8, 4) is 0 Å². The number of pyridine rings is 1. The summed E-state index contributed by atoms with van der Waals surface area (Å²) in [5, 5.41) is 2.00. The standard InChI is InChI=1S/C21H22ClN3/c1-16(20-10-9-17-5-2-3-8-21(17)23-20)24-11-13-25(14-12-24)19-7-4-6-18(22)15-19/h2-10,15-16H,11-14H2,1H3. The van der Waals surface area contributed by atoms with Gasteiger partial charge in [0.1, 0.15) is 0 Å². The fraction of sp³-hybridized carbons (Fsp3) is 0.286. The Bertz CT molecular complexity index is 872.